The van der Waals surface area contributed by atoms with Gasteiger partial charge in [0.2, 0.25) is 5.91 Å². The molecule has 1 N–H and O–H groups in total. The lowest BCUT2D eigenvalue weighted by Gasteiger charge is -2.06. The summed E-state index contributed by atoms with van der Waals surface area (Å²) in [4.78, 5) is 16.6. The Morgan fingerprint density at radius 2 is 1.92 bits per heavy atom. The van der Waals surface area contributed by atoms with Crippen LogP contribution in [0.3, 0.4) is 0 Å². The third-order valence-electron chi connectivity index (χ3n) is 3.19. The molecular weight excluding hydrogens is 459 g/mol. The SMILES string of the molecule is O=C(Cc1csc(-c2ccc(F)cc2)n1)Nc1ccc(Br)cc1Br. The van der Waals surface area contributed by atoms with Crippen LogP contribution in [-0.4, -0.2) is 10.9 Å². The second kappa shape index (κ2) is 7.55. The predicted molar refractivity (Wildman–Crippen MR) is 102 cm³/mol. The Balaban J connectivity index is 1.68. The number of thiazole rings is 1. The van der Waals surface area contributed by atoms with Crippen LogP contribution in [0.15, 0.2) is 56.8 Å². The summed E-state index contributed by atoms with van der Waals surface area (Å²) < 4.78 is 14.7. The van der Waals surface area contributed by atoms with Crippen LogP contribution in [-0.2, 0) is 11.2 Å². The van der Waals surface area contributed by atoms with E-state index in [2.05, 4.69) is 42.2 Å². The maximum atomic E-state index is 13.0. The molecule has 0 spiro atoms. The van der Waals surface area contributed by atoms with Crippen LogP contribution in [0.5, 0.6) is 0 Å². The van der Waals surface area contributed by atoms with Gasteiger partial charge in [-0.2, -0.15) is 0 Å². The molecule has 3 rings (SSSR count). The monoisotopic (exact) mass is 468 g/mol. The molecule has 2 aromatic carbocycles. The van der Waals surface area contributed by atoms with E-state index in [0.29, 0.717) is 11.4 Å². The van der Waals surface area contributed by atoms with Crippen LogP contribution in [0, 0.1) is 5.82 Å². The number of aromatic nitrogens is 1. The van der Waals surface area contributed by atoms with Crippen molar-refractivity contribution in [3.05, 3.63) is 68.3 Å². The molecule has 0 bridgehead atoms. The molecule has 1 heterocycles. The molecule has 0 aliphatic rings. The summed E-state index contributed by atoms with van der Waals surface area (Å²) in [6.07, 6.45) is 0.181. The Morgan fingerprint density at radius 3 is 2.62 bits per heavy atom. The lowest BCUT2D eigenvalue weighted by molar-refractivity contribution is -0.115. The summed E-state index contributed by atoms with van der Waals surface area (Å²) in [5.74, 6) is -0.427. The zero-order valence-corrected chi connectivity index (χ0v) is 16.2. The topological polar surface area (TPSA) is 42.0 Å². The highest BCUT2D eigenvalue weighted by molar-refractivity contribution is 9.11. The van der Waals surface area contributed by atoms with Gasteiger partial charge in [-0.05, 0) is 58.4 Å². The number of amides is 1. The molecule has 122 valence electrons. The van der Waals surface area contributed by atoms with Gasteiger partial charge >= 0.3 is 0 Å². The molecule has 0 unspecified atom stereocenters. The van der Waals surface area contributed by atoms with Gasteiger partial charge in [0.25, 0.3) is 0 Å². The predicted octanol–water partition coefficient (Wildman–Crippen LogP) is 5.66. The Morgan fingerprint density at radius 1 is 1.17 bits per heavy atom. The van der Waals surface area contributed by atoms with Crippen molar-refractivity contribution in [2.75, 3.05) is 5.32 Å². The Hall–Kier alpha value is -1.57. The van der Waals surface area contributed by atoms with Crippen molar-refractivity contribution in [1.82, 2.24) is 4.98 Å². The summed E-state index contributed by atoms with van der Waals surface area (Å²) in [5, 5.41) is 5.46. The molecular formula is C17H11Br2FN2OS. The molecule has 0 aliphatic carbocycles. The summed E-state index contributed by atoms with van der Waals surface area (Å²) >= 11 is 8.22. The first-order chi connectivity index (χ1) is 11.5. The summed E-state index contributed by atoms with van der Waals surface area (Å²) in [6.45, 7) is 0. The molecule has 0 saturated heterocycles. The van der Waals surface area contributed by atoms with Crippen molar-refractivity contribution in [1.29, 1.82) is 0 Å². The number of hydrogen-bond donors (Lipinski definition) is 1. The number of anilines is 1. The second-order valence-electron chi connectivity index (χ2n) is 5.00. The lowest BCUT2D eigenvalue weighted by atomic mass is 10.2. The first-order valence-electron chi connectivity index (χ1n) is 6.96. The quantitative estimate of drug-likeness (QED) is 0.536. The van der Waals surface area contributed by atoms with E-state index in [1.165, 1.54) is 23.5 Å². The average molecular weight is 470 g/mol. The van der Waals surface area contributed by atoms with Crippen LogP contribution in [0.25, 0.3) is 10.6 Å². The van der Waals surface area contributed by atoms with E-state index >= 15 is 0 Å². The number of benzene rings is 2. The number of nitrogens with zero attached hydrogens (tertiary/aromatic N) is 1. The molecule has 1 amide bonds. The number of carbonyl (C=O) groups excluding carboxylic acids is 1. The normalized spacial score (nSPS) is 10.6. The standard InChI is InChI=1S/C17H11Br2FN2OS/c18-11-3-6-15(14(19)7-11)22-16(23)8-13-9-24-17(21-13)10-1-4-12(20)5-2-10/h1-7,9H,8H2,(H,22,23). The van der Waals surface area contributed by atoms with Crippen LogP contribution >= 0.6 is 43.2 Å². The van der Waals surface area contributed by atoms with E-state index in [-0.39, 0.29) is 18.1 Å². The van der Waals surface area contributed by atoms with Crippen molar-refractivity contribution in [2.45, 2.75) is 6.42 Å². The fourth-order valence-electron chi connectivity index (χ4n) is 2.06. The molecule has 7 heteroatoms. The zero-order chi connectivity index (χ0) is 17.1. The molecule has 0 radical (unpaired) electrons. The van der Waals surface area contributed by atoms with Gasteiger partial charge in [-0.1, -0.05) is 15.9 Å². The third-order valence-corrected chi connectivity index (χ3v) is 5.28. The minimum absolute atomic E-state index is 0.144. The van der Waals surface area contributed by atoms with Crippen molar-refractivity contribution in [2.24, 2.45) is 0 Å². The summed E-state index contributed by atoms with van der Waals surface area (Å²) in [5.41, 5.74) is 2.23. The molecule has 24 heavy (non-hydrogen) atoms. The van der Waals surface area contributed by atoms with E-state index in [0.717, 1.165) is 19.5 Å². The first-order valence-corrected chi connectivity index (χ1v) is 9.43. The van der Waals surface area contributed by atoms with Crippen molar-refractivity contribution in [3.8, 4) is 10.6 Å². The second-order valence-corrected chi connectivity index (χ2v) is 7.63. The highest BCUT2D eigenvalue weighted by Crippen LogP contribution is 2.27. The van der Waals surface area contributed by atoms with Gasteiger partial charge in [-0.25, -0.2) is 9.37 Å². The number of nitrogens with one attached hydrogen (secondary N) is 1. The fourth-order valence-corrected chi connectivity index (χ4v) is 4.03. The van der Waals surface area contributed by atoms with Gasteiger partial charge < -0.3 is 5.32 Å². The molecule has 0 fully saturated rings. The van der Waals surface area contributed by atoms with Crippen molar-refractivity contribution < 1.29 is 9.18 Å². The van der Waals surface area contributed by atoms with E-state index < -0.39 is 0 Å². The summed E-state index contributed by atoms with van der Waals surface area (Å²) in [6, 6.07) is 11.7. The minimum atomic E-state index is -0.282. The minimum Gasteiger partial charge on any atom is -0.325 e. The number of hydrogen-bond acceptors (Lipinski definition) is 3. The van der Waals surface area contributed by atoms with E-state index in [1.54, 1.807) is 12.1 Å². The van der Waals surface area contributed by atoms with E-state index in [1.807, 2.05) is 23.6 Å². The molecule has 3 nitrogen and oxygen atoms in total. The third kappa shape index (κ3) is 4.28. The molecule has 0 atom stereocenters. The van der Waals surface area contributed by atoms with Gasteiger partial charge in [0.15, 0.2) is 0 Å². The maximum absolute atomic E-state index is 13.0. The van der Waals surface area contributed by atoms with E-state index in [9.17, 15) is 9.18 Å². The van der Waals surface area contributed by atoms with Gasteiger partial charge in [0, 0.05) is 19.9 Å². The van der Waals surface area contributed by atoms with Crippen molar-refractivity contribution in [3.63, 3.8) is 0 Å². The Kier molecular flexibility index (Phi) is 5.43. The zero-order valence-electron chi connectivity index (χ0n) is 12.2. The largest absolute Gasteiger partial charge is 0.325 e. The fraction of sp³-hybridized carbons (Fsp3) is 0.0588. The van der Waals surface area contributed by atoms with Gasteiger partial charge in [-0.15, -0.1) is 11.3 Å². The number of halogens is 3. The first kappa shape index (κ1) is 17.3. The highest BCUT2D eigenvalue weighted by atomic mass is 79.9. The van der Waals surface area contributed by atoms with Crippen molar-refractivity contribution >= 4 is 54.8 Å². The lowest BCUT2D eigenvalue weighted by Crippen LogP contribution is -2.14. The summed E-state index contributed by atoms with van der Waals surface area (Å²) in [7, 11) is 0. The molecule has 1 aromatic heterocycles. The van der Waals surface area contributed by atoms with Crippen LogP contribution in [0.2, 0.25) is 0 Å². The van der Waals surface area contributed by atoms with E-state index in [4.69, 9.17) is 0 Å². The highest BCUT2D eigenvalue weighted by Gasteiger charge is 2.11. The molecule has 0 aliphatic heterocycles. The van der Waals surface area contributed by atoms with Crippen LogP contribution < -0.4 is 5.32 Å². The van der Waals surface area contributed by atoms with Gasteiger partial charge in [0.1, 0.15) is 10.8 Å². The molecule has 0 saturated carbocycles. The average Bonchev–Trinajstić information content (AvgIpc) is 2.99. The Bertz CT molecular complexity index is 881. The number of rotatable bonds is 4. The van der Waals surface area contributed by atoms with Crippen LogP contribution in [0.1, 0.15) is 5.69 Å². The van der Waals surface area contributed by atoms with Crippen LogP contribution in [0.4, 0.5) is 10.1 Å². The molecule has 3 aromatic rings. The number of carbonyl (C=O) groups is 1. The van der Waals surface area contributed by atoms with Gasteiger partial charge in [-0.3, -0.25) is 4.79 Å². The van der Waals surface area contributed by atoms with Gasteiger partial charge in [0.05, 0.1) is 17.8 Å². The maximum Gasteiger partial charge on any atom is 0.230 e. The Labute approximate surface area is 159 Å². The smallest absolute Gasteiger partial charge is 0.230 e.